The molecular formula is C17H30NNaO14. The second-order valence-corrected chi connectivity index (χ2v) is 7.55. The first-order valence-electron chi connectivity index (χ1n) is 9.74. The van der Waals surface area contributed by atoms with E-state index < -0.39 is 99.0 Å². The Balaban J connectivity index is 0.00000544. The van der Waals surface area contributed by atoms with E-state index in [0.717, 1.165) is 0 Å². The number of nitrogens with two attached hydrogens (primary N) is 1. The number of carboxylic acids is 1. The number of rotatable bonds is 10. The summed E-state index contributed by atoms with van der Waals surface area (Å²) in [6, 6.07) is -1.32. The zero-order chi connectivity index (χ0) is 24.2. The molecule has 0 amide bonds. The molecule has 16 heteroatoms. The summed E-state index contributed by atoms with van der Waals surface area (Å²) in [6.07, 6.45) is -14.4. The first-order chi connectivity index (χ1) is 15.0. The predicted octanol–water partition coefficient (Wildman–Crippen LogP) is -6.30. The molecule has 0 bridgehead atoms. The van der Waals surface area contributed by atoms with Gasteiger partial charge in [0, 0.05) is 6.42 Å². The van der Waals surface area contributed by atoms with Crippen LogP contribution in [0.15, 0.2) is 0 Å². The van der Waals surface area contributed by atoms with Crippen LogP contribution >= 0.6 is 0 Å². The fourth-order valence-corrected chi connectivity index (χ4v) is 3.27. The molecular weight excluding hydrogens is 465 g/mol. The molecule has 0 saturated carbocycles. The number of aliphatic carboxylic acids is 1. The molecule has 0 aromatic heterocycles. The minimum absolute atomic E-state index is 0. The molecule has 188 valence electrons. The Labute approximate surface area is 209 Å². The summed E-state index contributed by atoms with van der Waals surface area (Å²) in [6.45, 7) is -2.46. The van der Waals surface area contributed by atoms with E-state index in [9.17, 15) is 45.3 Å². The Hall–Kier alpha value is -0.500. The molecule has 0 aromatic rings. The molecule has 33 heavy (non-hydrogen) atoms. The van der Waals surface area contributed by atoms with Crippen molar-refractivity contribution < 1.29 is 69.4 Å². The molecule has 2 aliphatic heterocycles. The summed E-state index contributed by atoms with van der Waals surface area (Å²) in [7, 11) is 0. The average molecular weight is 495 g/mol. The van der Waals surface area contributed by atoms with Crippen molar-refractivity contribution in [2.75, 3.05) is 19.8 Å². The third-order valence-electron chi connectivity index (χ3n) is 5.26. The van der Waals surface area contributed by atoms with Gasteiger partial charge in [-0.2, -0.15) is 0 Å². The van der Waals surface area contributed by atoms with Crippen LogP contribution in [0.2, 0.25) is 0 Å². The second kappa shape index (κ2) is 13.0. The van der Waals surface area contributed by atoms with Gasteiger partial charge < -0.3 is 65.5 Å². The monoisotopic (exact) mass is 495 g/mol. The Kier molecular flexibility index (Phi) is 12.0. The number of carbonyl (C=O) groups is 2. The zero-order valence-corrected chi connectivity index (χ0v) is 16.8. The number of carboxylic acid groups (broad SMARTS) is 1. The summed E-state index contributed by atoms with van der Waals surface area (Å²) < 4.78 is 20.9. The van der Waals surface area contributed by atoms with Crippen molar-refractivity contribution >= 4 is 41.5 Å². The Morgan fingerprint density at radius 2 is 1.58 bits per heavy atom. The number of hydrogen-bond donors (Lipinski definition) is 9. The maximum absolute atomic E-state index is 12.0. The molecule has 10 atom stereocenters. The van der Waals surface area contributed by atoms with Gasteiger partial charge in [-0.05, 0) is 6.42 Å². The van der Waals surface area contributed by atoms with Gasteiger partial charge in [0.05, 0.1) is 13.2 Å². The molecule has 0 spiro atoms. The molecule has 0 unspecified atom stereocenters. The van der Waals surface area contributed by atoms with Crippen LogP contribution < -0.4 is 5.73 Å². The van der Waals surface area contributed by atoms with Crippen molar-refractivity contribution in [1.29, 1.82) is 0 Å². The maximum atomic E-state index is 12.0. The fourth-order valence-electron chi connectivity index (χ4n) is 3.27. The molecule has 2 saturated heterocycles. The van der Waals surface area contributed by atoms with Gasteiger partial charge in [0.2, 0.25) is 5.79 Å². The van der Waals surface area contributed by atoms with Crippen LogP contribution in [0.5, 0.6) is 0 Å². The third kappa shape index (κ3) is 7.02. The van der Waals surface area contributed by atoms with Gasteiger partial charge in [-0.15, -0.1) is 0 Å². The fraction of sp³-hybridized carbons (Fsp3) is 0.882. The van der Waals surface area contributed by atoms with Gasteiger partial charge in [-0.25, -0.2) is 0 Å². The molecule has 2 fully saturated rings. The van der Waals surface area contributed by atoms with Gasteiger partial charge in [-0.3, -0.25) is 9.59 Å². The van der Waals surface area contributed by atoms with E-state index in [2.05, 4.69) is 0 Å². The van der Waals surface area contributed by atoms with Crippen molar-refractivity contribution in [1.82, 2.24) is 0 Å². The molecule has 15 nitrogen and oxygen atoms in total. The number of ether oxygens (including phenoxy) is 4. The van der Waals surface area contributed by atoms with Gasteiger partial charge in [0.25, 0.3) is 0 Å². The standard InChI is InChI=1S/C17H29NO14.Na.H/c18-6(15(27)28)1-2-9(21)29-5-17(14(26)11(23)8(4-20)31-17)32-16-13(25)12(24)10(22)7(3-19)30-16;;/h6-8,10-14,16,19-20,22-26H,1-5,18H2,(H,27,28);;/t6-,7+,8+,10+,11+,12-,13+,14-,16+,17-;;/m0../s1. The second-order valence-electron chi connectivity index (χ2n) is 7.55. The zero-order valence-electron chi connectivity index (χ0n) is 16.8. The number of aliphatic hydroxyl groups excluding tert-OH is 7. The topological polar surface area (TPSA) is 259 Å². The van der Waals surface area contributed by atoms with E-state index in [1.807, 2.05) is 0 Å². The number of carbonyl (C=O) groups excluding carboxylic acids is 1. The number of esters is 1. The van der Waals surface area contributed by atoms with Gasteiger partial charge in [0.1, 0.15) is 55.4 Å². The third-order valence-corrected chi connectivity index (χ3v) is 5.26. The summed E-state index contributed by atoms with van der Waals surface area (Å²) in [5.74, 6) is -4.69. The van der Waals surface area contributed by atoms with Crippen molar-refractivity contribution in [3.05, 3.63) is 0 Å². The van der Waals surface area contributed by atoms with E-state index in [1.165, 1.54) is 0 Å². The first-order valence-corrected chi connectivity index (χ1v) is 9.74. The predicted molar refractivity (Wildman–Crippen MR) is 105 cm³/mol. The Bertz CT molecular complexity index is 655. The molecule has 0 radical (unpaired) electrons. The van der Waals surface area contributed by atoms with Crippen LogP contribution in [-0.4, -0.2) is 163 Å². The molecule has 0 aromatic carbocycles. The molecule has 10 N–H and O–H groups in total. The van der Waals surface area contributed by atoms with Crippen LogP contribution in [0.3, 0.4) is 0 Å². The Morgan fingerprint density at radius 1 is 0.970 bits per heavy atom. The van der Waals surface area contributed by atoms with Gasteiger partial charge in [0.15, 0.2) is 6.29 Å². The Morgan fingerprint density at radius 3 is 2.09 bits per heavy atom. The van der Waals surface area contributed by atoms with E-state index in [1.54, 1.807) is 0 Å². The summed E-state index contributed by atoms with van der Waals surface area (Å²) in [5, 5.41) is 78.0. The van der Waals surface area contributed by atoms with Crippen molar-refractivity contribution in [3.63, 3.8) is 0 Å². The molecule has 2 aliphatic rings. The summed E-state index contributed by atoms with van der Waals surface area (Å²) in [4.78, 5) is 22.7. The van der Waals surface area contributed by atoms with Gasteiger partial charge >= 0.3 is 41.5 Å². The minimum atomic E-state index is -2.40. The molecule has 2 rings (SSSR count). The van der Waals surface area contributed by atoms with Crippen LogP contribution in [0, 0.1) is 0 Å². The van der Waals surface area contributed by atoms with E-state index in [-0.39, 0.29) is 36.0 Å². The van der Waals surface area contributed by atoms with Crippen molar-refractivity contribution in [3.8, 4) is 0 Å². The van der Waals surface area contributed by atoms with Gasteiger partial charge in [-0.1, -0.05) is 0 Å². The summed E-state index contributed by atoms with van der Waals surface area (Å²) in [5.41, 5.74) is 5.31. The van der Waals surface area contributed by atoms with Crippen LogP contribution in [-0.2, 0) is 28.5 Å². The van der Waals surface area contributed by atoms with Crippen molar-refractivity contribution in [2.24, 2.45) is 5.73 Å². The van der Waals surface area contributed by atoms with Crippen LogP contribution in [0.25, 0.3) is 0 Å². The SMILES string of the molecule is N[C@@H](CCC(=O)OC[C@@]1(O[C@H]2O[C@H](CO)[C@@H](O)[C@H](O)[C@H]2O)O[C@H](CO)[C@@H](O)[C@@H]1O)C(=O)O.[NaH]. The average Bonchev–Trinajstić information content (AvgIpc) is 3.01. The van der Waals surface area contributed by atoms with Crippen molar-refractivity contribution in [2.45, 2.75) is 73.7 Å². The molecule has 2 heterocycles. The normalized spacial score (nSPS) is 39.5. The van der Waals surface area contributed by atoms with Crippen LogP contribution in [0.1, 0.15) is 12.8 Å². The number of hydrogen-bond acceptors (Lipinski definition) is 14. The first kappa shape index (κ1) is 30.5. The van der Waals surface area contributed by atoms with E-state index in [0.29, 0.717) is 0 Å². The van der Waals surface area contributed by atoms with E-state index in [4.69, 9.17) is 29.8 Å². The van der Waals surface area contributed by atoms with Crippen LogP contribution in [0.4, 0.5) is 0 Å². The van der Waals surface area contributed by atoms with E-state index >= 15 is 0 Å². The summed E-state index contributed by atoms with van der Waals surface area (Å²) >= 11 is 0. The number of aliphatic hydroxyl groups is 7. The molecule has 0 aliphatic carbocycles. The quantitative estimate of drug-likeness (QED) is 0.101.